The van der Waals surface area contributed by atoms with Crippen LogP contribution in [0.25, 0.3) is 0 Å². The Morgan fingerprint density at radius 1 is 1.13 bits per heavy atom. The first-order valence-electron chi connectivity index (χ1n) is 7.53. The van der Waals surface area contributed by atoms with Crippen molar-refractivity contribution in [1.29, 1.82) is 0 Å². The summed E-state index contributed by atoms with van der Waals surface area (Å²) in [6, 6.07) is 12.7. The lowest BCUT2D eigenvalue weighted by Crippen LogP contribution is -2.34. The smallest absolute Gasteiger partial charge is 0.251 e. The van der Waals surface area contributed by atoms with Crippen molar-refractivity contribution in [1.82, 2.24) is 0 Å². The monoisotopic (exact) mass is 305 g/mol. The zero-order valence-corrected chi connectivity index (χ0v) is 13.5. The second-order valence-electron chi connectivity index (χ2n) is 6.88. The Kier molecular flexibility index (Phi) is 3.23. The molecule has 3 rings (SSSR count). The highest BCUT2D eigenvalue weighted by molar-refractivity contribution is 6.11. The fourth-order valence-corrected chi connectivity index (χ4v) is 3.05. The van der Waals surface area contributed by atoms with Crippen molar-refractivity contribution in [2.24, 2.45) is 0 Å². The number of carbonyl (C=O) groups excluding carboxylic acids is 1. The average molecular weight is 305 g/mol. The molecular weight excluding hydrogens is 286 g/mol. The maximum Gasteiger partial charge on any atom is 0.251 e. The first kappa shape index (κ1) is 15.2. The molecule has 2 aromatic carbocycles. The Balaban J connectivity index is 2.32. The Morgan fingerprint density at radius 2 is 1.83 bits per heavy atom. The van der Waals surface area contributed by atoms with Gasteiger partial charge in [-0.15, -0.1) is 6.42 Å². The normalized spacial score (nSPS) is 19.8. The summed E-state index contributed by atoms with van der Waals surface area (Å²) in [5, 5.41) is 13.3. The van der Waals surface area contributed by atoms with Crippen LogP contribution in [0, 0.1) is 12.3 Å². The molecule has 1 aliphatic rings. The molecule has 1 amide bonds. The lowest BCUT2D eigenvalue weighted by Gasteiger charge is -2.26. The second-order valence-corrected chi connectivity index (χ2v) is 6.88. The molecule has 3 nitrogen and oxygen atoms in total. The molecule has 0 aliphatic carbocycles. The molecule has 0 spiro atoms. The summed E-state index contributed by atoms with van der Waals surface area (Å²) in [7, 11) is 0. The largest absolute Gasteiger partial charge is 0.508 e. The number of hydrogen-bond donors (Lipinski definition) is 2. The molecule has 0 radical (unpaired) electrons. The lowest BCUT2D eigenvalue weighted by atomic mass is 9.73. The number of phenolic OH excluding ortho intramolecular Hbond substituents is 1. The van der Waals surface area contributed by atoms with E-state index < -0.39 is 5.41 Å². The van der Waals surface area contributed by atoms with Gasteiger partial charge in [-0.2, -0.15) is 0 Å². The van der Waals surface area contributed by atoms with Crippen LogP contribution in [-0.4, -0.2) is 11.0 Å². The van der Waals surface area contributed by atoms with Gasteiger partial charge in [0.1, 0.15) is 5.75 Å². The molecule has 1 atom stereocenters. The Bertz CT molecular complexity index is 839. The van der Waals surface area contributed by atoms with Crippen LogP contribution in [0.1, 0.15) is 37.5 Å². The van der Waals surface area contributed by atoms with Crippen molar-refractivity contribution < 1.29 is 9.90 Å². The quantitative estimate of drug-likeness (QED) is 0.791. The topological polar surface area (TPSA) is 49.3 Å². The summed E-state index contributed by atoms with van der Waals surface area (Å²) in [4.78, 5) is 12.7. The number of amides is 1. The predicted octanol–water partition coefficient (Wildman–Crippen LogP) is 3.56. The molecule has 1 unspecified atom stereocenters. The van der Waals surface area contributed by atoms with Gasteiger partial charge >= 0.3 is 0 Å². The van der Waals surface area contributed by atoms with E-state index >= 15 is 0 Å². The Morgan fingerprint density at radius 3 is 2.48 bits per heavy atom. The van der Waals surface area contributed by atoms with Gasteiger partial charge in [-0.25, -0.2) is 0 Å². The van der Waals surface area contributed by atoms with E-state index in [0.717, 1.165) is 5.56 Å². The van der Waals surface area contributed by atoms with Gasteiger partial charge in [0.15, 0.2) is 5.41 Å². The third kappa shape index (κ3) is 2.10. The summed E-state index contributed by atoms with van der Waals surface area (Å²) in [6.45, 7) is 6.23. The fourth-order valence-electron chi connectivity index (χ4n) is 3.05. The van der Waals surface area contributed by atoms with Crippen LogP contribution >= 0.6 is 0 Å². The van der Waals surface area contributed by atoms with Crippen molar-refractivity contribution in [3.8, 4) is 18.1 Å². The molecule has 3 heteroatoms. The van der Waals surface area contributed by atoms with E-state index in [1.165, 1.54) is 0 Å². The third-order valence-electron chi connectivity index (χ3n) is 4.40. The van der Waals surface area contributed by atoms with Crippen molar-refractivity contribution in [3.05, 3.63) is 59.2 Å². The number of nitrogens with one attached hydrogen (secondary N) is 1. The van der Waals surface area contributed by atoms with E-state index in [1.54, 1.807) is 6.07 Å². The molecule has 0 bridgehead atoms. The van der Waals surface area contributed by atoms with Gasteiger partial charge in [-0.1, -0.05) is 51.0 Å². The van der Waals surface area contributed by atoms with E-state index in [0.29, 0.717) is 16.8 Å². The number of aromatic hydroxyl groups is 1. The van der Waals surface area contributed by atoms with Gasteiger partial charge in [0.25, 0.3) is 5.91 Å². The zero-order chi connectivity index (χ0) is 16.8. The molecule has 23 heavy (non-hydrogen) atoms. The maximum atomic E-state index is 12.7. The van der Waals surface area contributed by atoms with Crippen LogP contribution in [0.5, 0.6) is 5.75 Å². The van der Waals surface area contributed by atoms with Crippen molar-refractivity contribution in [3.63, 3.8) is 0 Å². The number of para-hydroxylation sites is 1. The van der Waals surface area contributed by atoms with Gasteiger partial charge in [0.05, 0.1) is 0 Å². The zero-order valence-electron chi connectivity index (χ0n) is 13.5. The highest BCUT2D eigenvalue weighted by atomic mass is 16.3. The Labute approximate surface area is 136 Å². The number of fused-ring (bicyclic) bond motifs is 1. The number of hydrogen-bond acceptors (Lipinski definition) is 2. The molecule has 1 heterocycles. The predicted molar refractivity (Wildman–Crippen MR) is 91.5 cm³/mol. The van der Waals surface area contributed by atoms with E-state index in [2.05, 4.69) is 32.0 Å². The maximum absolute atomic E-state index is 12.7. The molecule has 1 aliphatic heterocycles. The summed E-state index contributed by atoms with van der Waals surface area (Å²) < 4.78 is 0. The van der Waals surface area contributed by atoms with E-state index in [-0.39, 0.29) is 17.1 Å². The third-order valence-corrected chi connectivity index (χ3v) is 4.40. The van der Waals surface area contributed by atoms with E-state index in [9.17, 15) is 9.90 Å². The highest BCUT2D eigenvalue weighted by Gasteiger charge is 2.48. The number of rotatable bonds is 1. The van der Waals surface area contributed by atoms with E-state index in [1.807, 2.05) is 36.4 Å². The highest BCUT2D eigenvalue weighted by Crippen LogP contribution is 2.46. The van der Waals surface area contributed by atoms with Crippen LogP contribution < -0.4 is 5.32 Å². The molecule has 0 saturated heterocycles. The lowest BCUT2D eigenvalue weighted by molar-refractivity contribution is -0.118. The minimum absolute atomic E-state index is 0.0304. The van der Waals surface area contributed by atoms with Gasteiger partial charge < -0.3 is 10.4 Å². The number of anilines is 1. The minimum Gasteiger partial charge on any atom is -0.508 e. The molecule has 2 aromatic rings. The van der Waals surface area contributed by atoms with Crippen molar-refractivity contribution in [2.75, 3.05) is 5.32 Å². The van der Waals surface area contributed by atoms with Crippen LogP contribution in [-0.2, 0) is 15.6 Å². The summed E-state index contributed by atoms with van der Waals surface area (Å²) in [6.07, 6.45) is 5.81. The van der Waals surface area contributed by atoms with Crippen LogP contribution in [0.3, 0.4) is 0 Å². The van der Waals surface area contributed by atoms with Gasteiger partial charge in [0.2, 0.25) is 0 Å². The molecule has 116 valence electrons. The molecule has 0 saturated carbocycles. The first-order valence-corrected chi connectivity index (χ1v) is 7.53. The van der Waals surface area contributed by atoms with Crippen LogP contribution in [0.2, 0.25) is 0 Å². The minimum atomic E-state index is -1.30. The summed E-state index contributed by atoms with van der Waals surface area (Å²) >= 11 is 0. The fraction of sp³-hybridized carbons (Fsp3) is 0.250. The van der Waals surface area contributed by atoms with Gasteiger partial charge in [-0.3, -0.25) is 4.79 Å². The molecule has 2 N–H and O–H groups in total. The summed E-state index contributed by atoms with van der Waals surface area (Å²) in [5.41, 5.74) is 1.44. The molecule has 0 aromatic heterocycles. The summed E-state index contributed by atoms with van der Waals surface area (Å²) in [5.74, 6) is 2.37. The molecule has 0 fully saturated rings. The number of benzene rings is 2. The van der Waals surface area contributed by atoms with Crippen LogP contribution in [0.4, 0.5) is 5.69 Å². The number of carbonyl (C=O) groups is 1. The van der Waals surface area contributed by atoms with Crippen LogP contribution in [0.15, 0.2) is 42.5 Å². The first-order chi connectivity index (χ1) is 10.8. The van der Waals surface area contributed by atoms with Gasteiger partial charge in [-0.05, 0) is 29.2 Å². The molecular formula is C20H19NO2. The van der Waals surface area contributed by atoms with Crippen molar-refractivity contribution in [2.45, 2.75) is 31.6 Å². The second kappa shape index (κ2) is 4.89. The SMILES string of the molecule is C#CC1(c2cc(C(C)(C)C)ccc2O)C(=O)Nc2ccccc21. The Hall–Kier alpha value is -2.73. The standard InChI is InChI=1S/C20H19NO2/c1-5-20(14-8-6-7-9-16(14)21-18(20)23)15-12-13(19(2,3)4)10-11-17(15)22/h1,6-12,22H,2-4H3,(H,21,23). The van der Waals surface area contributed by atoms with Gasteiger partial charge in [0, 0.05) is 16.8 Å². The van der Waals surface area contributed by atoms with Crippen molar-refractivity contribution >= 4 is 11.6 Å². The average Bonchev–Trinajstić information content (AvgIpc) is 2.79. The number of phenols is 1. The number of terminal acetylenes is 1. The van der Waals surface area contributed by atoms with E-state index in [4.69, 9.17) is 6.42 Å².